The second-order valence-electron chi connectivity index (χ2n) is 7.69. The zero-order valence-electron chi connectivity index (χ0n) is 17.8. The summed E-state index contributed by atoms with van der Waals surface area (Å²) in [5, 5.41) is 17.9. The Kier molecular flexibility index (Phi) is 8.14. The van der Waals surface area contributed by atoms with E-state index >= 15 is 0 Å². The average Bonchev–Trinajstić information content (AvgIpc) is 3.13. The Labute approximate surface area is 179 Å². The maximum absolute atomic E-state index is 12.6. The Bertz CT molecular complexity index is 955. The minimum absolute atomic E-state index is 0.0763. The van der Waals surface area contributed by atoms with E-state index in [1.807, 2.05) is 24.3 Å². The van der Waals surface area contributed by atoms with Crippen LogP contribution in [0.25, 0.3) is 10.9 Å². The summed E-state index contributed by atoms with van der Waals surface area (Å²) in [6.07, 6.45) is 1.79. The van der Waals surface area contributed by atoms with Crippen molar-refractivity contribution in [3.05, 3.63) is 36.0 Å². The van der Waals surface area contributed by atoms with Crippen molar-refractivity contribution in [3.8, 4) is 0 Å². The summed E-state index contributed by atoms with van der Waals surface area (Å²) >= 11 is 0. The number of hydrogen-bond acceptors (Lipinski definition) is 5. The first kappa shape index (κ1) is 23.9. The zero-order valence-corrected chi connectivity index (χ0v) is 17.8. The summed E-state index contributed by atoms with van der Waals surface area (Å²) in [4.78, 5) is 51.4. The smallest absolute Gasteiger partial charge is 0.326 e. The normalized spacial score (nSPS) is 14.0. The van der Waals surface area contributed by atoms with Gasteiger partial charge in [0.05, 0.1) is 6.54 Å². The van der Waals surface area contributed by atoms with Gasteiger partial charge in [-0.15, -0.1) is 0 Å². The van der Waals surface area contributed by atoms with E-state index in [0.717, 1.165) is 16.5 Å². The van der Waals surface area contributed by atoms with Gasteiger partial charge in [0, 0.05) is 23.5 Å². The van der Waals surface area contributed by atoms with Crippen LogP contribution in [0.4, 0.5) is 0 Å². The number of para-hydroxylation sites is 1. The van der Waals surface area contributed by atoms with E-state index in [0.29, 0.717) is 0 Å². The molecule has 1 aromatic carbocycles. The van der Waals surface area contributed by atoms with Gasteiger partial charge in [-0.1, -0.05) is 32.0 Å². The van der Waals surface area contributed by atoms with E-state index in [-0.39, 0.29) is 18.9 Å². The van der Waals surface area contributed by atoms with E-state index in [1.165, 1.54) is 6.92 Å². The van der Waals surface area contributed by atoms with E-state index < -0.39 is 41.8 Å². The molecule has 0 spiro atoms. The number of fused-ring (bicyclic) bond motifs is 1. The third-order valence-corrected chi connectivity index (χ3v) is 4.92. The van der Waals surface area contributed by atoms with Crippen molar-refractivity contribution in [3.63, 3.8) is 0 Å². The maximum Gasteiger partial charge on any atom is 0.326 e. The summed E-state index contributed by atoms with van der Waals surface area (Å²) in [5.74, 6) is -3.11. The van der Waals surface area contributed by atoms with Crippen molar-refractivity contribution < 1.29 is 24.3 Å². The van der Waals surface area contributed by atoms with E-state index in [9.17, 15) is 24.3 Å². The van der Waals surface area contributed by atoms with Crippen LogP contribution in [-0.2, 0) is 25.6 Å². The number of carbonyl (C=O) groups excluding carboxylic acids is 3. The summed E-state index contributed by atoms with van der Waals surface area (Å²) in [6.45, 7) is 4.67. The largest absolute Gasteiger partial charge is 0.480 e. The number of hydrogen-bond donors (Lipinski definition) is 6. The zero-order chi connectivity index (χ0) is 23.1. The molecule has 2 aromatic rings. The molecule has 0 fully saturated rings. The van der Waals surface area contributed by atoms with Gasteiger partial charge < -0.3 is 31.8 Å². The van der Waals surface area contributed by atoms with Gasteiger partial charge in [-0.05, 0) is 24.5 Å². The topological polar surface area (TPSA) is 166 Å². The van der Waals surface area contributed by atoms with Gasteiger partial charge in [0.2, 0.25) is 17.7 Å². The number of nitrogens with one attached hydrogen (secondary N) is 4. The summed E-state index contributed by atoms with van der Waals surface area (Å²) in [5.41, 5.74) is 6.90. The molecule has 3 amide bonds. The predicted octanol–water partition coefficient (Wildman–Crippen LogP) is -0.116. The second-order valence-corrected chi connectivity index (χ2v) is 7.69. The van der Waals surface area contributed by atoms with Crippen LogP contribution in [0.5, 0.6) is 0 Å². The second kappa shape index (κ2) is 10.6. The summed E-state index contributed by atoms with van der Waals surface area (Å²) in [7, 11) is 0. The highest BCUT2D eigenvalue weighted by molar-refractivity contribution is 5.93. The number of rotatable bonds is 10. The van der Waals surface area contributed by atoms with Crippen LogP contribution in [0, 0.1) is 5.92 Å². The van der Waals surface area contributed by atoms with Gasteiger partial charge in [0.1, 0.15) is 18.1 Å². The first-order valence-electron chi connectivity index (χ1n) is 10.0. The molecular formula is C21H29N5O5. The molecule has 0 radical (unpaired) electrons. The highest BCUT2D eigenvalue weighted by atomic mass is 16.4. The van der Waals surface area contributed by atoms with Crippen LogP contribution >= 0.6 is 0 Å². The third-order valence-electron chi connectivity index (χ3n) is 4.92. The van der Waals surface area contributed by atoms with Gasteiger partial charge in [-0.25, -0.2) is 4.79 Å². The third kappa shape index (κ3) is 6.29. The highest BCUT2D eigenvalue weighted by Crippen LogP contribution is 2.19. The fourth-order valence-electron chi connectivity index (χ4n) is 3.15. The van der Waals surface area contributed by atoms with Crippen LogP contribution in [0.1, 0.15) is 26.3 Å². The SMILES string of the molecule is CC(NC(=O)C(NC(=O)CN)C(C)C)C(=O)NC(Cc1c[nH]c2ccccc12)C(=O)O. The fourth-order valence-corrected chi connectivity index (χ4v) is 3.15. The molecule has 7 N–H and O–H groups in total. The lowest BCUT2D eigenvalue weighted by atomic mass is 10.0. The van der Waals surface area contributed by atoms with Crippen molar-refractivity contribution in [1.29, 1.82) is 0 Å². The Balaban J connectivity index is 2.03. The lowest BCUT2D eigenvalue weighted by Crippen LogP contribution is -2.56. The van der Waals surface area contributed by atoms with E-state index in [4.69, 9.17) is 5.73 Å². The van der Waals surface area contributed by atoms with E-state index in [2.05, 4.69) is 20.9 Å². The minimum atomic E-state index is -1.19. The lowest BCUT2D eigenvalue weighted by Gasteiger charge is -2.24. The number of aromatic nitrogens is 1. The standard InChI is InChI=1S/C21H29N5O5/c1-11(2)18(26-17(27)9-22)20(29)24-12(3)19(28)25-16(21(30)31)8-13-10-23-15-7-5-4-6-14(13)15/h4-7,10-12,16,18,23H,8-9,22H2,1-3H3,(H,24,29)(H,25,28)(H,26,27)(H,30,31). The van der Waals surface area contributed by atoms with Crippen molar-refractivity contribution in [1.82, 2.24) is 20.9 Å². The number of carboxylic acid groups (broad SMARTS) is 1. The van der Waals surface area contributed by atoms with Crippen molar-refractivity contribution in [2.24, 2.45) is 11.7 Å². The molecule has 3 atom stereocenters. The average molecular weight is 431 g/mol. The number of nitrogens with two attached hydrogens (primary N) is 1. The predicted molar refractivity (Wildman–Crippen MR) is 115 cm³/mol. The molecule has 0 aliphatic heterocycles. The first-order valence-corrected chi connectivity index (χ1v) is 10.0. The molecule has 1 aromatic heterocycles. The quantitative estimate of drug-likeness (QED) is 0.307. The fraction of sp³-hybridized carbons (Fsp3) is 0.429. The molecule has 0 aliphatic rings. The van der Waals surface area contributed by atoms with Crippen LogP contribution in [0.2, 0.25) is 0 Å². The molecule has 0 aliphatic carbocycles. The first-order chi connectivity index (χ1) is 14.6. The number of carbonyl (C=O) groups is 4. The highest BCUT2D eigenvalue weighted by Gasteiger charge is 2.29. The molecule has 3 unspecified atom stereocenters. The van der Waals surface area contributed by atoms with Crippen LogP contribution in [-0.4, -0.2) is 58.5 Å². The minimum Gasteiger partial charge on any atom is -0.480 e. The molecule has 0 saturated carbocycles. The number of aliphatic carboxylic acids is 1. The molecule has 168 valence electrons. The van der Waals surface area contributed by atoms with Crippen LogP contribution in [0.15, 0.2) is 30.5 Å². The van der Waals surface area contributed by atoms with Crippen LogP contribution < -0.4 is 21.7 Å². The van der Waals surface area contributed by atoms with Gasteiger partial charge in [-0.3, -0.25) is 14.4 Å². The summed E-state index contributed by atoms with van der Waals surface area (Å²) in [6, 6.07) is 4.40. The van der Waals surface area contributed by atoms with Crippen LogP contribution in [0.3, 0.4) is 0 Å². The molecule has 10 heteroatoms. The summed E-state index contributed by atoms with van der Waals surface area (Å²) < 4.78 is 0. The van der Waals surface area contributed by atoms with Crippen molar-refractivity contribution >= 4 is 34.6 Å². The molecule has 0 saturated heterocycles. The number of carboxylic acids is 1. The maximum atomic E-state index is 12.6. The molecule has 0 bridgehead atoms. The molecule has 31 heavy (non-hydrogen) atoms. The molecule has 2 rings (SSSR count). The van der Waals surface area contributed by atoms with Gasteiger partial charge in [0.25, 0.3) is 0 Å². The Morgan fingerprint density at radius 1 is 1.03 bits per heavy atom. The number of H-pyrrole nitrogens is 1. The number of benzene rings is 1. The Morgan fingerprint density at radius 3 is 2.32 bits per heavy atom. The number of amides is 3. The molecular weight excluding hydrogens is 402 g/mol. The Morgan fingerprint density at radius 2 is 1.71 bits per heavy atom. The van der Waals surface area contributed by atoms with Crippen molar-refractivity contribution in [2.45, 2.75) is 45.3 Å². The van der Waals surface area contributed by atoms with Gasteiger partial charge in [0.15, 0.2) is 0 Å². The number of aromatic amines is 1. The molecule has 10 nitrogen and oxygen atoms in total. The van der Waals surface area contributed by atoms with Gasteiger partial charge in [-0.2, -0.15) is 0 Å². The monoisotopic (exact) mass is 431 g/mol. The van der Waals surface area contributed by atoms with Crippen molar-refractivity contribution in [2.75, 3.05) is 6.54 Å². The Hall–Kier alpha value is -3.40. The van der Waals surface area contributed by atoms with E-state index in [1.54, 1.807) is 20.0 Å². The molecule has 1 heterocycles. The van der Waals surface area contributed by atoms with Gasteiger partial charge >= 0.3 is 5.97 Å². The lowest BCUT2D eigenvalue weighted by molar-refractivity contribution is -0.142.